The third-order valence-electron chi connectivity index (χ3n) is 1.01. The van der Waals surface area contributed by atoms with Gasteiger partial charge in [0.15, 0.2) is 0 Å². The number of hydrogen-bond donors (Lipinski definition) is 1. The van der Waals surface area contributed by atoms with Gasteiger partial charge < -0.3 is 9.84 Å². The molecule has 3 heteroatoms. The molecule has 0 aromatic carbocycles. The lowest BCUT2D eigenvalue weighted by Crippen LogP contribution is -2.03. The van der Waals surface area contributed by atoms with E-state index in [1.165, 1.54) is 0 Å². The maximum Gasteiger partial charge on any atom is 0.305 e. The number of hydrogen-bond acceptors (Lipinski definition) is 2. The van der Waals surface area contributed by atoms with Crippen molar-refractivity contribution < 1.29 is 14.6 Å². The van der Waals surface area contributed by atoms with E-state index in [1.54, 1.807) is 6.92 Å². The van der Waals surface area contributed by atoms with E-state index in [4.69, 9.17) is 9.84 Å². The molecule has 0 atom stereocenters. The summed E-state index contributed by atoms with van der Waals surface area (Å²) in [6.45, 7) is 2.56. The highest BCUT2D eigenvalue weighted by atomic mass is 16.5. The molecule has 0 aliphatic heterocycles. The van der Waals surface area contributed by atoms with E-state index in [1.807, 2.05) is 0 Å². The molecule has 0 aromatic rings. The molecule has 0 bridgehead atoms. The van der Waals surface area contributed by atoms with Gasteiger partial charge in [0.25, 0.3) is 0 Å². The molecule has 0 rings (SSSR count). The van der Waals surface area contributed by atoms with Crippen molar-refractivity contribution in [2.75, 3.05) is 13.2 Å². The van der Waals surface area contributed by atoms with E-state index in [0.717, 1.165) is 0 Å². The van der Waals surface area contributed by atoms with Crippen molar-refractivity contribution in [3.8, 4) is 11.8 Å². The Hall–Kier alpha value is -1.01. The Kier molecular flexibility index (Phi) is 6.45. The largest absolute Gasteiger partial charge is 0.481 e. The normalized spacial score (nSPS) is 8.45. The van der Waals surface area contributed by atoms with Gasteiger partial charge in [-0.05, 0) is 6.92 Å². The van der Waals surface area contributed by atoms with Crippen LogP contribution in [0.1, 0.15) is 19.8 Å². The summed E-state index contributed by atoms with van der Waals surface area (Å²) in [5.41, 5.74) is 0. The third kappa shape index (κ3) is 8.99. The van der Waals surface area contributed by atoms with Crippen LogP contribution < -0.4 is 0 Å². The molecule has 0 unspecified atom stereocenters. The number of carbonyl (C=O) groups is 1. The predicted molar refractivity (Wildman–Crippen MR) is 41.1 cm³/mol. The molecule has 3 nitrogen and oxygen atoms in total. The molecule has 0 amide bonds. The minimum absolute atomic E-state index is 0.0690. The zero-order valence-corrected chi connectivity index (χ0v) is 6.59. The summed E-state index contributed by atoms with van der Waals surface area (Å²) in [4.78, 5) is 9.98. The van der Waals surface area contributed by atoms with E-state index in [0.29, 0.717) is 13.0 Å². The summed E-state index contributed by atoms with van der Waals surface area (Å²) in [7, 11) is 0. The Morgan fingerprint density at radius 1 is 1.55 bits per heavy atom. The Morgan fingerprint density at radius 2 is 2.27 bits per heavy atom. The van der Waals surface area contributed by atoms with Crippen LogP contribution in [-0.2, 0) is 9.53 Å². The van der Waals surface area contributed by atoms with E-state index in [9.17, 15) is 4.79 Å². The topological polar surface area (TPSA) is 46.5 Å². The van der Waals surface area contributed by atoms with Crippen molar-refractivity contribution in [1.29, 1.82) is 0 Å². The monoisotopic (exact) mass is 156 g/mol. The zero-order valence-electron chi connectivity index (χ0n) is 6.59. The molecule has 62 valence electrons. The maximum atomic E-state index is 9.98. The summed E-state index contributed by atoms with van der Waals surface area (Å²) in [5.74, 6) is 4.71. The van der Waals surface area contributed by atoms with Crippen molar-refractivity contribution in [3.05, 3.63) is 0 Å². The van der Waals surface area contributed by atoms with Gasteiger partial charge in [-0.15, -0.1) is 11.8 Å². The molecule has 1 N–H and O–H groups in total. The number of ether oxygens (including phenoxy) is 1. The summed E-state index contributed by atoms with van der Waals surface area (Å²) in [5, 5.41) is 8.21. The van der Waals surface area contributed by atoms with E-state index < -0.39 is 5.97 Å². The first-order valence-corrected chi connectivity index (χ1v) is 3.46. The maximum absolute atomic E-state index is 9.98. The van der Waals surface area contributed by atoms with Crippen molar-refractivity contribution in [2.24, 2.45) is 0 Å². The van der Waals surface area contributed by atoms with Crippen LogP contribution in [0.25, 0.3) is 0 Å². The van der Waals surface area contributed by atoms with Gasteiger partial charge in [-0.1, -0.05) is 0 Å². The Morgan fingerprint density at radius 3 is 2.82 bits per heavy atom. The standard InChI is InChI=1S/C8H12O3/c1-2-3-4-6-11-7-5-8(9)10/h4-7H2,1H3,(H,9,10). The fourth-order valence-electron chi connectivity index (χ4n) is 0.510. The van der Waals surface area contributed by atoms with Gasteiger partial charge in [-0.3, -0.25) is 4.79 Å². The average molecular weight is 156 g/mol. The molecule has 0 spiro atoms. The van der Waals surface area contributed by atoms with E-state index in [-0.39, 0.29) is 13.0 Å². The molecule has 0 heterocycles. The highest BCUT2D eigenvalue weighted by Gasteiger charge is 1.94. The highest BCUT2D eigenvalue weighted by molar-refractivity contribution is 5.66. The second kappa shape index (κ2) is 7.10. The Bertz CT molecular complexity index is 164. The van der Waals surface area contributed by atoms with Crippen LogP contribution in [0.5, 0.6) is 0 Å². The SMILES string of the molecule is CC#CCCOCCC(=O)O. The summed E-state index contributed by atoms with van der Waals surface area (Å²) in [6.07, 6.45) is 0.746. The predicted octanol–water partition coefficient (Wildman–Crippen LogP) is 0.891. The van der Waals surface area contributed by atoms with Gasteiger partial charge in [0.05, 0.1) is 19.6 Å². The molecule has 0 fully saturated rings. The van der Waals surface area contributed by atoms with Crippen LogP contribution in [0.15, 0.2) is 0 Å². The van der Waals surface area contributed by atoms with Crippen molar-refractivity contribution in [3.63, 3.8) is 0 Å². The van der Waals surface area contributed by atoms with Crippen LogP contribution in [0.3, 0.4) is 0 Å². The molecular formula is C8H12O3. The van der Waals surface area contributed by atoms with Gasteiger partial charge in [-0.25, -0.2) is 0 Å². The van der Waals surface area contributed by atoms with E-state index >= 15 is 0 Å². The first-order chi connectivity index (χ1) is 5.27. The second-order valence-corrected chi connectivity index (χ2v) is 1.93. The van der Waals surface area contributed by atoms with Crippen LogP contribution in [0, 0.1) is 11.8 Å². The zero-order chi connectivity index (χ0) is 8.53. The lowest BCUT2D eigenvalue weighted by atomic mass is 10.4. The number of rotatable bonds is 5. The van der Waals surface area contributed by atoms with Gasteiger partial charge in [0, 0.05) is 6.42 Å². The molecular weight excluding hydrogens is 144 g/mol. The lowest BCUT2D eigenvalue weighted by molar-refractivity contribution is -0.138. The third-order valence-corrected chi connectivity index (χ3v) is 1.01. The molecule has 0 radical (unpaired) electrons. The molecule has 0 saturated carbocycles. The molecule has 0 aliphatic rings. The summed E-state index contributed by atoms with van der Waals surface area (Å²) < 4.78 is 4.96. The van der Waals surface area contributed by atoms with Crippen LogP contribution in [0.2, 0.25) is 0 Å². The average Bonchev–Trinajstić information content (AvgIpc) is 1.96. The number of carboxylic acid groups (broad SMARTS) is 1. The fourth-order valence-corrected chi connectivity index (χ4v) is 0.510. The van der Waals surface area contributed by atoms with Crippen molar-refractivity contribution in [2.45, 2.75) is 19.8 Å². The van der Waals surface area contributed by atoms with Crippen molar-refractivity contribution in [1.82, 2.24) is 0 Å². The first-order valence-electron chi connectivity index (χ1n) is 3.46. The summed E-state index contributed by atoms with van der Waals surface area (Å²) >= 11 is 0. The lowest BCUT2D eigenvalue weighted by Gasteiger charge is -1.96. The van der Waals surface area contributed by atoms with Gasteiger partial charge in [0.1, 0.15) is 0 Å². The van der Waals surface area contributed by atoms with Crippen LogP contribution >= 0.6 is 0 Å². The minimum Gasteiger partial charge on any atom is -0.481 e. The number of carboxylic acids is 1. The first kappa shape index (κ1) is 9.99. The van der Waals surface area contributed by atoms with Crippen LogP contribution in [0.4, 0.5) is 0 Å². The van der Waals surface area contributed by atoms with Crippen molar-refractivity contribution >= 4 is 5.97 Å². The smallest absolute Gasteiger partial charge is 0.305 e. The van der Waals surface area contributed by atoms with Gasteiger partial charge in [0.2, 0.25) is 0 Å². The minimum atomic E-state index is -0.827. The number of aliphatic carboxylic acids is 1. The van der Waals surface area contributed by atoms with E-state index in [2.05, 4.69) is 11.8 Å². The molecule has 11 heavy (non-hydrogen) atoms. The van der Waals surface area contributed by atoms with Crippen LogP contribution in [-0.4, -0.2) is 24.3 Å². The molecule has 0 aliphatic carbocycles. The summed E-state index contributed by atoms with van der Waals surface area (Å²) in [6, 6.07) is 0. The fraction of sp³-hybridized carbons (Fsp3) is 0.625. The quantitative estimate of drug-likeness (QED) is 0.475. The Balaban J connectivity index is 3.00. The Labute approximate surface area is 66.4 Å². The second-order valence-electron chi connectivity index (χ2n) is 1.93. The van der Waals surface area contributed by atoms with Gasteiger partial charge in [-0.2, -0.15) is 0 Å². The molecule has 0 aromatic heterocycles. The highest BCUT2D eigenvalue weighted by Crippen LogP contribution is 1.84. The molecule has 0 saturated heterocycles. The van der Waals surface area contributed by atoms with Gasteiger partial charge >= 0.3 is 5.97 Å².